The molecule has 0 aliphatic heterocycles. The Morgan fingerprint density at radius 1 is 0.969 bits per heavy atom. The predicted molar refractivity (Wildman–Crippen MR) is 118 cm³/mol. The first kappa shape index (κ1) is 19.8. The van der Waals surface area contributed by atoms with Gasteiger partial charge in [-0.25, -0.2) is 9.67 Å². The predicted octanol–water partition coefficient (Wildman–Crippen LogP) is 3.06. The lowest BCUT2D eigenvalue weighted by molar-refractivity contribution is 0.369. The summed E-state index contributed by atoms with van der Waals surface area (Å²) in [6.07, 6.45) is 1.46. The van der Waals surface area contributed by atoms with Crippen molar-refractivity contribution in [2.75, 3.05) is 0 Å². The van der Waals surface area contributed by atoms with Crippen molar-refractivity contribution in [2.45, 2.75) is 33.9 Å². The van der Waals surface area contributed by atoms with Crippen molar-refractivity contribution in [2.24, 2.45) is 0 Å². The SMILES string of the molecule is Cc1ccc(Cn2nnc3c(=O)n(Cc4nc(-c5ccc(C)c(C)c5)no4)cnc32)cc1. The summed E-state index contributed by atoms with van der Waals surface area (Å²) in [6, 6.07) is 14.1. The monoisotopic (exact) mass is 427 g/mol. The molecule has 3 heterocycles. The fourth-order valence-corrected chi connectivity index (χ4v) is 3.44. The molecule has 0 amide bonds. The van der Waals surface area contributed by atoms with Crippen LogP contribution in [0, 0.1) is 20.8 Å². The second-order valence-electron chi connectivity index (χ2n) is 7.89. The minimum absolute atomic E-state index is 0.102. The zero-order valence-electron chi connectivity index (χ0n) is 18.0. The molecule has 5 aromatic rings. The van der Waals surface area contributed by atoms with Gasteiger partial charge in [-0.05, 0) is 43.5 Å². The molecule has 32 heavy (non-hydrogen) atoms. The van der Waals surface area contributed by atoms with Gasteiger partial charge in [-0.1, -0.05) is 52.3 Å². The second kappa shape index (κ2) is 7.84. The molecule has 0 aliphatic rings. The molecule has 0 atom stereocenters. The summed E-state index contributed by atoms with van der Waals surface area (Å²) in [5, 5.41) is 12.2. The van der Waals surface area contributed by atoms with Crippen LogP contribution in [-0.2, 0) is 13.1 Å². The number of nitrogens with zero attached hydrogens (tertiary/aromatic N) is 7. The minimum atomic E-state index is -0.309. The van der Waals surface area contributed by atoms with Gasteiger partial charge in [-0.15, -0.1) is 5.10 Å². The van der Waals surface area contributed by atoms with E-state index in [4.69, 9.17) is 4.52 Å². The molecule has 0 N–H and O–H groups in total. The van der Waals surface area contributed by atoms with Gasteiger partial charge in [0.2, 0.25) is 11.7 Å². The van der Waals surface area contributed by atoms with E-state index in [1.165, 1.54) is 22.0 Å². The summed E-state index contributed by atoms with van der Waals surface area (Å²) >= 11 is 0. The van der Waals surface area contributed by atoms with Crippen molar-refractivity contribution in [1.29, 1.82) is 0 Å². The van der Waals surface area contributed by atoms with Crippen LogP contribution in [0.1, 0.15) is 28.1 Å². The second-order valence-corrected chi connectivity index (χ2v) is 7.89. The van der Waals surface area contributed by atoms with E-state index < -0.39 is 0 Å². The molecule has 0 saturated carbocycles. The summed E-state index contributed by atoms with van der Waals surface area (Å²) < 4.78 is 8.38. The number of fused-ring (bicyclic) bond motifs is 1. The third kappa shape index (κ3) is 3.68. The van der Waals surface area contributed by atoms with Crippen LogP contribution in [-0.4, -0.2) is 34.7 Å². The van der Waals surface area contributed by atoms with Gasteiger partial charge in [0.15, 0.2) is 11.2 Å². The minimum Gasteiger partial charge on any atom is -0.337 e. The molecule has 9 heteroatoms. The lowest BCUT2D eigenvalue weighted by Gasteiger charge is -2.04. The van der Waals surface area contributed by atoms with Crippen LogP contribution in [0.25, 0.3) is 22.6 Å². The largest absolute Gasteiger partial charge is 0.337 e. The van der Waals surface area contributed by atoms with Crippen molar-refractivity contribution in [3.05, 3.63) is 87.3 Å². The number of aryl methyl sites for hydroxylation is 3. The van der Waals surface area contributed by atoms with Crippen LogP contribution in [0.4, 0.5) is 0 Å². The zero-order valence-corrected chi connectivity index (χ0v) is 18.0. The van der Waals surface area contributed by atoms with Crippen molar-refractivity contribution < 1.29 is 4.52 Å². The van der Waals surface area contributed by atoms with E-state index in [0.717, 1.165) is 16.7 Å². The Bertz CT molecular complexity index is 1480. The van der Waals surface area contributed by atoms with E-state index in [-0.39, 0.29) is 17.6 Å². The Hall–Kier alpha value is -4.14. The van der Waals surface area contributed by atoms with Gasteiger partial charge < -0.3 is 4.52 Å². The third-order valence-electron chi connectivity index (χ3n) is 5.48. The van der Waals surface area contributed by atoms with Gasteiger partial charge in [0, 0.05) is 5.56 Å². The highest BCUT2D eigenvalue weighted by atomic mass is 16.5. The quantitative estimate of drug-likeness (QED) is 0.424. The maximum absolute atomic E-state index is 12.9. The first-order chi connectivity index (χ1) is 15.5. The van der Waals surface area contributed by atoms with E-state index in [1.54, 1.807) is 4.68 Å². The summed E-state index contributed by atoms with van der Waals surface area (Å²) in [5.74, 6) is 0.794. The first-order valence-corrected chi connectivity index (χ1v) is 10.2. The van der Waals surface area contributed by atoms with Crippen LogP contribution in [0.3, 0.4) is 0 Å². The van der Waals surface area contributed by atoms with E-state index in [2.05, 4.69) is 25.4 Å². The summed E-state index contributed by atoms with van der Waals surface area (Å²) in [6.45, 7) is 6.70. The van der Waals surface area contributed by atoms with Crippen LogP contribution in [0.5, 0.6) is 0 Å². The smallest absolute Gasteiger partial charge is 0.283 e. The molecule has 0 unspecified atom stereocenters. The van der Waals surface area contributed by atoms with Crippen molar-refractivity contribution >= 4 is 11.2 Å². The molecule has 0 bridgehead atoms. The van der Waals surface area contributed by atoms with Crippen LogP contribution < -0.4 is 5.56 Å². The number of aromatic nitrogens is 7. The Balaban J connectivity index is 1.40. The lowest BCUT2D eigenvalue weighted by atomic mass is 10.1. The van der Waals surface area contributed by atoms with Gasteiger partial charge in [0.05, 0.1) is 6.54 Å². The highest BCUT2D eigenvalue weighted by Crippen LogP contribution is 2.19. The summed E-state index contributed by atoms with van der Waals surface area (Å²) in [5.41, 5.74) is 5.77. The first-order valence-electron chi connectivity index (χ1n) is 10.2. The Morgan fingerprint density at radius 2 is 1.78 bits per heavy atom. The van der Waals surface area contributed by atoms with Gasteiger partial charge in [-0.3, -0.25) is 9.36 Å². The highest BCUT2D eigenvalue weighted by molar-refractivity contribution is 5.67. The molecule has 0 spiro atoms. The Morgan fingerprint density at radius 3 is 2.56 bits per heavy atom. The average molecular weight is 427 g/mol. The fraction of sp³-hybridized carbons (Fsp3) is 0.217. The maximum atomic E-state index is 12.9. The van der Waals surface area contributed by atoms with Crippen molar-refractivity contribution in [3.8, 4) is 11.4 Å². The van der Waals surface area contributed by atoms with Gasteiger partial charge in [0.1, 0.15) is 12.9 Å². The van der Waals surface area contributed by atoms with E-state index in [9.17, 15) is 4.79 Å². The lowest BCUT2D eigenvalue weighted by Crippen LogP contribution is -2.21. The topological polar surface area (TPSA) is 105 Å². The van der Waals surface area contributed by atoms with E-state index >= 15 is 0 Å². The van der Waals surface area contributed by atoms with Crippen LogP contribution in [0.2, 0.25) is 0 Å². The molecule has 2 aromatic carbocycles. The molecule has 0 fully saturated rings. The molecule has 0 aliphatic carbocycles. The maximum Gasteiger partial charge on any atom is 0.283 e. The van der Waals surface area contributed by atoms with Gasteiger partial charge >= 0.3 is 0 Å². The highest BCUT2D eigenvalue weighted by Gasteiger charge is 2.15. The van der Waals surface area contributed by atoms with Gasteiger partial charge in [-0.2, -0.15) is 4.98 Å². The summed E-state index contributed by atoms with van der Waals surface area (Å²) in [4.78, 5) is 21.8. The van der Waals surface area contributed by atoms with E-state index in [0.29, 0.717) is 23.9 Å². The molecular weight excluding hydrogens is 406 g/mol. The molecule has 9 nitrogen and oxygen atoms in total. The third-order valence-corrected chi connectivity index (χ3v) is 5.48. The van der Waals surface area contributed by atoms with Crippen LogP contribution in [0.15, 0.2) is 58.1 Å². The molecule has 5 rings (SSSR count). The summed E-state index contributed by atoms with van der Waals surface area (Å²) in [7, 11) is 0. The van der Waals surface area contributed by atoms with Gasteiger partial charge in [0.25, 0.3) is 5.56 Å². The molecular formula is C23H21N7O2. The average Bonchev–Trinajstić information content (AvgIpc) is 3.41. The number of benzene rings is 2. The molecule has 0 radical (unpaired) electrons. The Kier molecular flexibility index (Phi) is 4.85. The molecule has 160 valence electrons. The van der Waals surface area contributed by atoms with Crippen LogP contribution >= 0.6 is 0 Å². The number of rotatable bonds is 5. The van der Waals surface area contributed by atoms with E-state index in [1.807, 2.05) is 63.2 Å². The van der Waals surface area contributed by atoms with Crippen molar-refractivity contribution in [1.82, 2.24) is 34.7 Å². The molecule has 3 aromatic heterocycles. The normalized spacial score (nSPS) is 11.3. The fourth-order valence-electron chi connectivity index (χ4n) is 3.44. The number of hydrogen-bond acceptors (Lipinski definition) is 7. The van der Waals surface area contributed by atoms with Crippen molar-refractivity contribution in [3.63, 3.8) is 0 Å². The number of hydrogen-bond donors (Lipinski definition) is 0. The molecule has 0 saturated heterocycles. The zero-order chi connectivity index (χ0) is 22.2. The Labute approximate surface area is 183 Å². The standard InChI is InChI=1S/C23H21N7O2/c1-14-4-7-17(8-5-14)11-30-22-20(26-28-30)23(31)29(13-24-22)12-19-25-21(27-32-19)18-9-6-15(2)16(3)10-18/h4-10,13H,11-12H2,1-3H3.